The van der Waals surface area contributed by atoms with Gasteiger partial charge in [-0.3, -0.25) is 0 Å². The molecule has 4 heteroatoms. The number of aryl methyl sites for hydroxylation is 1. The molecule has 0 heterocycles. The first-order valence-corrected chi connectivity index (χ1v) is 15.5. The fourth-order valence-electron chi connectivity index (χ4n) is 4.61. The monoisotopic (exact) mass is 504 g/mol. The van der Waals surface area contributed by atoms with E-state index in [0.29, 0.717) is 17.8 Å². The molecule has 194 valence electrons. The van der Waals surface area contributed by atoms with Crippen LogP contribution >= 0.6 is 0 Å². The average molecular weight is 505 g/mol. The van der Waals surface area contributed by atoms with Crippen LogP contribution in [-0.4, -0.2) is 9.76 Å². The molecule has 0 atom stereocenters. The smallest absolute Gasteiger partial charge is 0.216 e. The van der Waals surface area contributed by atoms with Gasteiger partial charge in [-0.25, -0.2) is 0 Å². The highest BCUT2D eigenvalue weighted by Crippen LogP contribution is 2.34. The van der Waals surface area contributed by atoms with Crippen LogP contribution in [0, 0.1) is 24.7 Å². The van der Waals surface area contributed by atoms with Gasteiger partial charge in [0.25, 0.3) is 0 Å². The minimum Gasteiger partial charge on any atom is -0.550 e. The minimum atomic E-state index is -0.563. The van der Waals surface area contributed by atoms with Crippen molar-refractivity contribution in [3.05, 3.63) is 76.9 Å². The predicted octanol–water partition coefficient (Wildman–Crippen LogP) is 8.69. The summed E-state index contributed by atoms with van der Waals surface area (Å²) in [7, 11) is -0.563. The topological polar surface area (TPSA) is 27.7 Å². The molecule has 3 aromatic rings. The van der Waals surface area contributed by atoms with Gasteiger partial charge in [-0.15, -0.1) is 0 Å². The third-order valence-corrected chi connectivity index (χ3v) is 6.33. The van der Waals surface area contributed by atoms with Gasteiger partial charge >= 0.3 is 0 Å². The van der Waals surface area contributed by atoms with Crippen LogP contribution in [0.3, 0.4) is 0 Å². The molecule has 0 N–H and O–H groups in total. The second-order valence-corrected chi connectivity index (χ2v) is 12.1. The summed E-state index contributed by atoms with van der Waals surface area (Å²) in [5, 5.41) is 0. The van der Waals surface area contributed by atoms with Gasteiger partial charge in [0.2, 0.25) is 9.76 Å². The van der Waals surface area contributed by atoms with Gasteiger partial charge in [0.15, 0.2) is 0 Å². The largest absolute Gasteiger partial charge is 0.550 e. The maximum atomic E-state index is 6.44. The second-order valence-electron chi connectivity index (χ2n) is 11.2. The summed E-state index contributed by atoms with van der Waals surface area (Å²) in [6, 6.07) is 19.1. The maximum Gasteiger partial charge on any atom is 0.216 e. The Balaban J connectivity index is 1.94. The van der Waals surface area contributed by atoms with Crippen LogP contribution < -0.4 is 13.9 Å². The lowest BCUT2D eigenvalue weighted by Gasteiger charge is -2.16. The Morgan fingerprint density at radius 2 is 0.889 bits per heavy atom. The Morgan fingerprint density at radius 1 is 0.528 bits per heavy atom. The summed E-state index contributed by atoms with van der Waals surface area (Å²) in [5.74, 6) is 5.90. The van der Waals surface area contributed by atoms with E-state index in [9.17, 15) is 0 Å². The molecule has 0 fully saturated rings. The van der Waals surface area contributed by atoms with Crippen molar-refractivity contribution in [3.8, 4) is 28.7 Å². The third-order valence-electron chi connectivity index (χ3n) is 5.70. The van der Waals surface area contributed by atoms with Crippen molar-refractivity contribution < 1.29 is 13.9 Å². The van der Waals surface area contributed by atoms with Gasteiger partial charge < -0.3 is 13.9 Å². The number of hydrogen-bond donors (Lipinski definition) is 0. The highest BCUT2D eigenvalue weighted by atomic mass is 28.2. The fourth-order valence-corrected chi connectivity index (χ4v) is 5.11. The number of ether oxygens (including phenoxy) is 2. The molecule has 0 saturated carbocycles. The van der Waals surface area contributed by atoms with E-state index in [2.05, 4.69) is 97.5 Å². The molecule has 0 bridgehead atoms. The molecule has 36 heavy (non-hydrogen) atoms. The summed E-state index contributed by atoms with van der Waals surface area (Å²) in [6.07, 6.45) is 2.99. The summed E-state index contributed by atoms with van der Waals surface area (Å²) in [5.41, 5.74) is 4.98. The van der Waals surface area contributed by atoms with Gasteiger partial charge in [0.05, 0.1) is 0 Å². The fraction of sp³-hybridized carbons (Fsp3) is 0.438. The van der Waals surface area contributed by atoms with E-state index in [0.717, 1.165) is 48.0 Å². The Kier molecular flexibility index (Phi) is 10.1. The van der Waals surface area contributed by atoms with Crippen molar-refractivity contribution in [1.82, 2.24) is 0 Å². The van der Waals surface area contributed by atoms with Crippen LogP contribution in [0.15, 0.2) is 54.6 Å². The zero-order chi connectivity index (χ0) is 26.2. The van der Waals surface area contributed by atoms with Gasteiger partial charge in [-0.1, -0.05) is 47.6 Å². The van der Waals surface area contributed by atoms with Crippen molar-refractivity contribution >= 4 is 9.76 Å². The van der Waals surface area contributed by atoms with E-state index < -0.39 is 9.76 Å². The van der Waals surface area contributed by atoms with Crippen LogP contribution in [-0.2, 0) is 19.3 Å². The molecule has 0 saturated heterocycles. The normalized spacial score (nSPS) is 11.8. The van der Waals surface area contributed by atoms with E-state index in [1.165, 1.54) is 22.3 Å². The zero-order valence-electron chi connectivity index (χ0n) is 23.5. The van der Waals surface area contributed by atoms with Gasteiger partial charge in [-0.2, -0.15) is 0 Å². The van der Waals surface area contributed by atoms with E-state index in [1.807, 2.05) is 12.1 Å². The van der Waals surface area contributed by atoms with Crippen molar-refractivity contribution in [2.45, 2.75) is 74.3 Å². The molecular formula is C32H44O3Si. The maximum absolute atomic E-state index is 6.44. The van der Waals surface area contributed by atoms with Crippen molar-refractivity contribution in [3.63, 3.8) is 0 Å². The van der Waals surface area contributed by atoms with Gasteiger partial charge in [0.1, 0.15) is 28.7 Å². The lowest BCUT2D eigenvalue weighted by Crippen LogP contribution is -2.00. The van der Waals surface area contributed by atoms with E-state index >= 15 is 0 Å². The average Bonchev–Trinajstić information content (AvgIpc) is 2.71. The molecule has 3 aromatic carbocycles. The van der Waals surface area contributed by atoms with Crippen LogP contribution in [0.2, 0.25) is 6.55 Å². The first kappa shape index (κ1) is 27.9. The number of hydrogen-bond acceptors (Lipinski definition) is 3. The minimum absolute atomic E-state index is 0.536. The molecule has 0 aliphatic rings. The van der Waals surface area contributed by atoms with E-state index in [4.69, 9.17) is 13.9 Å². The van der Waals surface area contributed by atoms with Crippen molar-refractivity contribution in [2.24, 2.45) is 17.8 Å². The molecule has 0 aliphatic heterocycles. The standard InChI is InChI=1S/C32H44O3Si/c1-21(2)9-25-12-24(7)13-28(14-25)33-29-15-26(10-22(3)4)16-30(19-29)34-31-17-27(11-23(5)6)18-32(20-31)35-36-8/h12-23H,9-11,36H2,1-8H3. The molecule has 0 aliphatic carbocycles. The highest BCUT2D eigenvalue weighted by molar-refractivity contribution is 6.26. The first-order chi connectivity index (χ1) is 17.1. The zero-order valence-corrected chi connectivity index (χ0v) is 24.9. The lowest BCUT2D eigenvalue weighted by molar-refractivity contribution is 0.455. The van der Waals surface area contributed by atoms with E-state index in [1.54, 1.807) is 0 Å². The summed E-state index contributed by atoms with van der Waals surface area (Å²) in [4.78, 5) is 0. The molecule has 0 aromatic heterocycles. The number of benzene rings is 3. The van der Waals surface area contributed by atoms with Crippen molar-refractivity contribution in [2.75, 3.05) is 0 Å². The lowest BCUT2D eigenvalue weighted by atomic mass is 10.0. The van der Waals surface area contributed by atoms with Crippen molar-refractivity contribution in [1.29, 1.82) is 0 Å². The van der Waals surface area contributed by atoms with Gasteiger partial charge in [-0.05, 0) is 109 Å². The Morgan fingerprint density at radius 3 is 1.31 bits per heavy atom. The van der Waals surface area contributed by atoms with Crippen LogP contribution in [0.1, 0.15) is 63.8 Å². The molecule has 0 spiro atoms. The van der Waals surface area contributed by atoms with Crippen LogP contribution in [0.5, 0.6) is 28.7 Å². The Hall–Kier alpha value is -2.72. The van der Waals surface area contributed by atoms with Crippen LogP contribution in [0.4, 0.5) is 0 Å². The van der Waals surface area contributed by atoms with E-state index in [-0.39, 0.29) is 0 Å². The first-order valence-electron chi connectivity index (χ1n) is 13.5. The molecule has 0 radical (unpaired) electrons. The highest BCUT2D eigenvalue weighted by Gasteiger charge is 2.11. The Labute approximate surface area is 221 Å². The number of rotatable bonds is 12. The summed E-state index contributed by atoms with van der Waals surface area (Å²) < 4.78 is 18.8. The van der Waals surface area contributed by atoms with Gasteiger partial charge in [0, 0.05) is 12.1 Å². The SMILES string of the molecule is C[SiH2]Oc1cc(CC(C)C)cc(Oc2cc(CC(C)C)cc(Oc3cc(C)cc(CC(C)C)c3)c2)c1. The molecule has 3 nitrogen and oxygen atoms in total. The quantitative estimate of drug-likeness (QED) is 0.231. The summed E-state index contributed by atoms with van der Waals surface area (Å²) >= 11 is 0. The summed E-state index contributed by atoms with van der Waals surface area (Å²) in [6.45, 7) is 17.7. The molecule has 0 amide bonds. The third kappa shape index (κ3) is 9.05. The molecule has 0 unspecified atom stereocenters. The van der Waals surface area contributed by atoms with Crippen LogP contribution in [0.25, 0.3) is 0 Å². The molecule has 3 rings (SSSR count). The Bertz CT molecular complexity index is 1130. The predicted molar refractivity (Wildman–Crippen MR) is 155 cm³/mol. The second kappa shape index (κ2) is 13.0. The molecular weight excluding hydrogens is 460 g/mol.